The first kappa shape index (κ1) is 9.26. The van der Waals surface area contributed by atoms with Crippen LogP contribution in [0, 0.1) is 0 Å². The number of nitrogens with zero attached hydrogens (tertiary/aromatic N) is 2. The summed E-state index contributed by atoms with van der Waals surface area (Å²) in [4.78, 5) is 0. The standard InChI is InChI=1S/C9H17N3/c1-9(2,3)7-6-11-12(4)8(7)5-10/h6H,5,10H2,1-4H3. The third kappa shape index (κ3) is 1.50. The average Bonchev–Trinajstić information content (AvgIpc) is 2.29. The fraction of sp³-hybridized carbons (Fsp3) is 0.667. The summed E-state index contributed by atoms with van der Waals surface area (Å²) in [6, 6.07) is 0. The largest absolute Gasteiger partial charge is 0.325 e. The summed E-state index contributed by atoms with van der Waals surface area (Å²) in [5.74, 6) is 0. The van der Waals surface area contributed by atoms with Gasteiger partial charge in [0.25, 0.3) is 0 Å². The topological polar surface area (TPSA) is 43.8 Å². The maximum Gasteiger partial charge on any atom is 0.0553 e. The van der Waals surface area contributed by atoms with Gasteiger partial charge in [0.1, 0.15) is 0 Å². The minimum absolute atomic E-state index is 0.142. The summed E-state index contributed by atoms with van der Waals surface area (Å²) in [7, 11) is 1.93. The molecule has 0 aliphatic rings. The molecule has 1 heterocycles. The van der Waals surface area contributed by atoms with E-state index in [1.165, 1.54) is 5.56 Å². The van der Waals surface area contributed by atoms with Gasteiger partial charge >= 0.3 is 0 Å². The molecule has 0 fully saturated rings. The van der Waals surface area contributed by atoms with Crippen LogP contribution < -0.4 is 5.73 Å². The molecule has 3 heteroatoms. The average molecular weight is 167 g/mol. The van der Waals surface area contributed by atoms with Crippen molar-refractivity contribution >= 4 is 0 Å². The molecular formula is C9H17N3. The van der Waals surface area contributed by atoms with Crippen LogP contribution in [0.25, 0.3) is 0 Å². The smallest absolute Gasteiger partial charge is 0.0553 e. The highest BCUT2D eigenvalue weighted by Crippen LogP contribution is 2.24. The fourth-order valence-corrected chi connectivity index (χ4v) is 1.33. The van der Waals surface area contributed by atoms with Gasteiger partial charge in [0, 0.05) is 13.6 Å². The quantitative estimate of drug-likeness (QED) is 0.682. The van der Waals surface area contributed by atoms with Gasteiger partial charge in [-0.2, -0.15) is 5.10 Å². The summed E-state index contributed by atoms with van der Waals surface area (Å²) >= 11 is 0. The minimum Gasteiger partial charge on any atom is -0.325 e. The monoisotopic (exact) mass is 167 g/mol. The van der Waals surface area contributed by atoms with Crippen LogP contribution in [-0.2, 0) is 19.0 Å². The molecule has 68 valence electrons. The number of aromatic nitrogens is 2. The fourth-order valence-electron chi connectivity index (χ4n) is 1.33. The second kappa shape index (κ2) is 2.90. The van der Waals surface area contributed by atoms with Crippen molar-refractivity contribution in [3.8, 4) is 0 Å². The Labute approximate surface area is 73.6 Å². The summed E-state index contributed by atoms with van der Waals surface area (Å²) in [6.07, 6.45) is 1.90. The number of hydrogen-bond acceptors (Lipinski definition) is 2. The van der Waals surface area contributed by atoms with Crippen molar-refractivity contribution in [1.29, 1.82) is 0 Å². The minimum atomic E-state index is 0.142. The Morgan fingerprint density at radius 3 is 2.42 bits per heavy atom. The van der Waals surface area contributed by atoms with Crippen molar-refractivity contribution in [2.24, 2.45) is 12.8 Å². The lowest BCUT2D eigenvalue weighted by atomic mass is 9.87. The van der Waals surface area contributed by atoms with Crippen molar-refractivity contribution in [1.82, 2.24) is 9.78 Å². The SMILES string of the molecule is Cn1ncc(C(C)(C)C)c1CN. The molecule has 0 bridgehead atoms. The Hall–Kier alpha value is -0.830. The van der Waals surface area contributed by atoms with E-state index < -0.39 is 0 Å². The Morgan fingerprint density at radius 1 is 1.50 bits per heavy atom. The molecule has 0 saturated heterocycles. The van der Waals surface area contributed by atoms with Gasteiger partial charge in [-0.3, -0.25) is 4.68 Å². The Kier molecular flexibility index (Phi) is 2.24. The molecule has 0 spiro atoms. The molecule has 2 N–H and O–H groups in total. The molecule has 3 nitrogen and oxygen atoms in total. The van der Waals surface area contributed by atoms with Gasteiger partial charge < -0.3 is 5.73 Å². The summed E-state index contributed by atoms with van der Waals surface area (Å²) < 4.78 is 1.85. The Balaban J connectivity index is 3.16. The normalized spacial score (nSPS) is 12.1. The van der Waals surface area contributed by atoms with E-state index >= 15 is 0 Å². The van der Waals surface area contributed by atoms with Crippen LogP contribution >= 0.6 is 0 Å². The van der Waals surface area contributed by atoms with Crippen molar-refractivity contribution in [2.75, 3.05) is 0 Å². The van der Waals surface area contributed by atoms with Crippen molar-refractivity contribution in [3.05, 3.63) is 17.5 Å². The molecule has 0 radical (unpaired) electrons. The molecule has 1 rings (SSSR count). The lowest BCUT2D eigenvalue weighted by molar-refractivity contribution is 0.577. The number of rotatable bonds is 1. The number of hydrogen-bond donors (Lipinski definition) is 1. The van der Waals surface area contributed by atoms with Crippen LogP contribution in [-0.4, -0.2) is 9.78 Å². The van der Waals surface area contributed by atoms with Gasteiger partial charge in [-0.25, -0.2) is 0 Å². The van der Waals surface area contributed by atoms with Crippen LogP contribution in [0.5, 0.6) is 0 Å². The predicted octanol–water partition coefficient (Wildman–Crippen LogP) is 1.18. The molecule has 0 unspecified atom stereocenters. The Morgan fingerprint density at radius 2 is 2.08 bits per heavy atom. The maximum atomic E-state index is 5.63. The van der Waals surface area contributed by atoms with Crippen LogP contribution in [0.2, 0.25) is 0 Å². The van der Waals surface area contributed by atoms with E-state index in [2.05, 4.69) is 25.9 Å². The molecular weight excluding hydrogens is 150 g/mol. The molecule has 1 aromatic rings. The molecule has 0 aliphatic heterocycles. The lowest BCUT2D eigenvalue weighted by Crippen LogP contribution is -2.16. The first-order valence-corrected chi connectivity index (χ1v) is 4.18. The Bertz CT molecular complexity index is 268. The molecule has 0 aliphatic carbocycles. The van der Waals surface area contributed by atoms with Crippen molar-refractivity contribution < 1.29 is 0 Å². The van der Waals surface area contributed by atoms with Gasteiger partial charge in [0.05, 0.1) is 11.9 Å². The van der Waals surface area contributed by atoms with E-state index in [-0.39, 0.29) is 5.41 Å². The zero-order chi connectivity index (χ0) is 9.35. The van der Waals surface area contributed by atoms with Crippen molar-refractivity contribution in [2.45, 2.75) is 32.7 Å². The zero-order valence-electron chi connectivity index (χ0n) is 8.26. The molecule has 12 heavy (non-hydrogen) atoms. The second-order valence-corrected chi connectivity index (χ2v) is 4.08. The molecule has 0 atom stereocenters. The first-order valence-electron chi connectivity index (χ1n) is 4.18. The maximum absolute atomic E-state index is 5.63. The van der Waals surface area contributed by atoms with Gasteiger partial charge in [0.15, 0.2) is 0 Å². The zero-order valence-corrected chi connectivity index (χ0v) is 8.26. The van der Waals surface area contributed by atoms with E-state index in [9.17, 15) is 0 Å². The third-order valence-corrected chi connectivity index (χ3v) is 2.06. The van der Waals surface area contributed by atoms with Gasteiger partial charge in [-0.1, -0.05) is 20.8 Å². The van der Waals surface area contributed by atoms with E-state index in [1.807, 2.05) is 17.9 Å². The summed E-state index contributed by atoms with van der Waals surface area (Å²) in [6.45, 7) is 7.07. The first-order chi connectivity index (χ1) is 5.46. The molecule has 1 aromatic heterocycles. The van der Waals surface area contributed by atoms with Crippen LogP contribution in [0.1, 0.15) is 32.0 Å². The van der Waals surface area contributed by atoms with E-state index in [1.54, 1.807) is 0 Å². The lowest BCUT2D eigenvalue weighted by Gasteiger charge is -2.18. The highest BCUT2D eigenvalue weighted by Gasteiger charge is 2.19. The van der Waals surface area contributed by atoms with Crippen molar-refractivity contribution in [3.63, 3.8) is 0 Å². The van der Waals surface area contributed by atoms with E-state index in [0.717, 1.165) is 5.69 Å². The van der Waals surface area contributed by atoms with Gasteiger partial charge in [-0.05, 0) is 11.0 Å². The summed E-state index contributed by atoms with van der Waals surface area (Å²) in [5.41, 5.74) is 8.14. The highest BCUT2D eigenvalue weighted by molar-refractivity contribution is 5.25. The molecule has 0 saturated carbocycles. The van der Waals surface area contributed by atoms with Crippen LogP contribution in [0.3, 0.4) is 0 Å². The highest BCUT2D eigenvalue weighted by atomic mass is 15.3. The van der Waals surface area contributed by atoms with Crippen LogP contribution in [0.4, 0.5) is 0 Å². The summed E-state index contributed by atoms with van der Waals surface area (Å²) in [5, 5.41) is 4.19. The van der Waals surface area contributed by atoms with E-state index in [0.29, 0.717) is 6.54 Å². The third-order valence-electron chi connectivity index (χ3n) is 2.06. The van der Waals surface area contributed by atoms with E-state index in [4.69, 9.17) is 5.73 Å². The van der Waals surface area contributed by atoms with Gasteiger partial charge in [0.2, 0.25) is 0 Å². The second-order valence-electron chi connectivity index (χ2n) is 4.08. The number of aryl methyl sites for hydroxylation is 1. The van der Waals surface area contributed by atoms with Gasteiger partial charge in [-0.15, -0.1) is 0 Å². The molecule has 0 aromatic carbocycles. The molecule has 0 amide bonds. The number of nitrogens with two attached hydrogens (primary N) is 1. The van der Waals surface area contributed by atoms with Crippen LogP contribution in [0.15, 0.2) is 6.20 Å². The predicted molar refractivity (Wildman–Crippen MR) is 49.8 cm³/mol.